The van der Waals surface area contributed by atoms with Crippen molar-refractivity contribution in [3.63, 3.8) is 0 Å². The molecule has 0 radical (unpaired) electrons. The second-order valence-corrected chi connectivity index (χ2v) is 6.48. The van der Waals surface area contributed by atoms with Crippen LogP contribution in [-0.4, -0.2) is 43.3 Å². The number of anilines is 1. The Morgan fingerprint density at radius 3 is 2.76 bits per heavy atom. The van der Waals surface area contributed by atoms with E-state index in [1.165, 1.54) is 16.1 Å². The minimum absolute atomic E-state index is 0.105. The Labute approximate surface area is 131 Å². The molecular weight excluding hydrogens is 284 g/mol. The number of nitrogens with two attached hydrogens (primary N) is 1. The minimum Gasteiger partial charge on any atom is -0.394 e. The molecule has 0 spiro atoms. The summed E-state index contributed by atoms with van der Waals surface area (Å²) in [6.07, 6.45) is 2.30. The van der Waals surface area contributed by atoms with E-state index in [4.69, 9.17) is 15.6 Å². The molecule has 0 atom stereocenters. The van der Waals surface area contributed by atoms with Crippen molar-refractivity contribution in [1.82, 2.24) is 0 Å². The predicted molar refractivity (Wildman–Crippen MR) is 89.0 cm³/mol. The van der Waals surface area contributed by atoms with Crippen LogP contribution in [0.15, 0.2) is 23.1 Å². The third-order valence-corrected chi connectivity index (χ3v) is 4.82. The van der Waals surface area contributed by atoms with Gasteiger partial charge in [0.15, 0.2) is 0 Å². The van der Waals surface area contributed by atoms with Gasteiger partial charge >= 0.3 is 0 Å². The minimum atomic E-state index is 0.105. The molecule has 1 saturated heterocycles. The van der Waals surface area contributed by atoms with Crippen molar-refractivity contribution in [3.05, 3.63) is 23.8 Å². The van der Waals surface area contributed by atoms with Gasteiger partial charge in [-0.2, -0.15) is 0 Å². The van der Waals surface area contributed by atoms with E-state index in [0.29, 0.717) is 13.2 Å². The Kier molecular flexibility index (Phi) is 6.83. The smallest absolute Gasteiger partial charge is 0.0701 e. The maximum atomic E-state index is 8.82. The van der Waals surface area contributed by atoms with E-state index in [0.717, 1.165) is 31.7 Å². The SMILES string of the molecule is CCSc1cccc(N2CCC(OCCO)CC2)c1CN. The molecule has 1 fully saturated rings. The number of aliphatic hydroxyl groups is 1. The monoisotopic (exact) mass is 310 g/mol. The van der Waals surface area contributed by atoms with E-state index in [2.05, 4.69) is 30.0 Å². The second kappa shape index (κ2) is 8.63. The molecule has 0 amide bonds. The number of nitrogens with zero attached hydrogens (tertiary/aromatic N) is 1. The first kappa shape index (κ1) is 16.6. The molecule has 4 nitrogen and oxygen atoms in total. The number of hydrogen-bond donors (Lipinski definition) is 2. The molecule has 0 bridgehead atoms. The van der Waals surface area contributed by atoms with Crippen LogP contribution in [0.2, 0.25) is 0 Å². The van der Waals surface area contributed by atoms with Gasteiger partial charge in [0.05, 0.1) is 19.3 Å². The van der Waals surface area contributed by atoms with Crippen LogP contribution in [0.25, 0.3) is 0 Å². The molecule has 1 heterocycles. The fraction of sp³-hybridized carbons (Fsp3) is 0.625. The van der Waals surface area contributed by atoms with Gasteiger partial charge in [0.2, 0.25) is 0 Å². The summed E-state index contributed by atoms with van der Waals surface area (Å²) in [4.78, 5) is 3.72. The molecule has 0 unspecified atom stereocenters. The van der Waals surface area contributed by atoms with Crippen molar-refractivity contribution >= 4 is 17.4 Å². The van der Waals surface area contributed by atoms with Gasteiger partial charge in [-0.05, 0) is 30.7 Å². The Balaban J connectivity index is 2.04. The van der Waals surface area contributed by atoms with Crippen LogP contribution < -0.4 is 10.6 Å². The molecule has 1 aliphatic heterocycles. The van der Waals surface area contributed by atoms with E-state index < -0.39 is 0 Å². The highest BCUT2D eigenvalue weighted by Gasteiger charge is 2.22. The summed E-state index contributed by atoms with van der Waals surface area (Å²) in [5, 5.41) is 8.82. The van der Waals surface area contributed by atoms with Crippen LogP contribution >= 0.6 is 11.8 Å². The Hall–Kier alpha value is -0.750. The molecule has 3 N–H and O–H groups in total. The average Bonchev–Trinajstić information content (AvgIpc) is 2.53. The second-order valence-electron chi connectivity index (χ2n) is 5.17. The van der Waals surface area contributed by atoms with Crippen LogP contribution in [0.3, 0.4) is 0 Å². The van der Waals surface area contributed by atoms with E-state index in [9.17, 15) is 0 Å². The van der Waals surface area contributed by atoms with E-state index in [1.807, 2.05) is 11.8 Å². The first-order valence-electron chi connectivity index (χ1n) is 7.72. The number of hydrogen-bond acceptors (Lipinski definition) is 5. The molecule has 1 aromatic carbocycles. The first-order valence-corrected chi connectivity index (χ1v) is 8.70. The predicted octanol–water partition coefficient (Wildman–Crippen LogP) is 2.23. The van der Waals surface area contributed by atoms with Crippen molar-refractivity contribution in [2.75, 3.05) is 37.0 Å². The molecule has 0 saturated carbocycles. The fourth-order valence-electron chi connectivity index (χ4n) is 2.83. The highest BCUT2D eigenvalue weighted by Crippen LogP contribution is 2.32. The standard InChI is InChI=1S/C16H26N2O2S/c1-2-21-16-5-3-4-15(14(16)12-17)18-8-6-13(7-9-18)20-11-10-19/h3-5,13,19H,2,6-12,17H2,1H3. The lowest BCUT2D eigenvalue weighted by Crippen LogP contribution is -2.38. The summed E-state index contributed by atoms with van der Waals surface area (Å²) in [6, 6.07) is 6.47. The number of thioether (sulfide) groups is 1. The first-order chi connectivity index (χ1) is 10.3. The Morgan fingerprint density at radius 1 is 1.38 bits per heavy atom. The number of aliphatic hydroxyl groups excluding tert-OH is 1. The lowest BCUT2D eigenvalue weighted by Gasteiger charge is -2.35. The summed E-state index contributed by atoms with van der Waals surface area (Å²) in [6.45, 7) is 5.28. The zero-order valence-corrected chi connectivity index (χ0v) is 13.6. The van der Waals surface area contributed by atoms with Gasteiger partial charge in [-0.25, -0.2) is 0 Å². The molecule has 118 valence electrons. The average molecular weight is 310 g/mol. The summed E-state index contributed by atoms with van der Waals surface area (Å²) < 4.78 is 5.63. The third-order valence-electron chi connectivity index (χ3n) is 3.84. The topological polar surface area (TPSA) is 58.7 Å². The molecular formula is C16H26N2O2S. The van der Waals surface area contributed by atoms with Gasteiger partial charge in [-0.3, -0.25) is 0 Å². The molecule has 0 aliphatic carbocycles. The maximum absolute atomic E-state index is 8.82. The van der Waals surface area contributed by atoms with E-state index >= 15 is 0 Å². The fourth-order valence-corrected chi connectivity index (χ4v) is 3.68. The van der Waals surface area contributed by atoms with Crippen LogP contribution in [0.5, 0.6) is 0 Å². The van der Waals surface area contributed by atoms with Crippen LogP contribution in [0.1, 0.15) is 25.3 Å². The lowest BCUT2D eigenvalue weighted by atomic mass is 10.0. The quantitative estimate of drug-likeness (QED) is 0.756. The van der Waals surface area contributed by atoms with Crippen molar-refractivity contribution in [3.8, 4) is 0 Å². The van der Waals surface area contributed by atoms with Gasteiger partial charge in [0.25, 0.3) is 0 Å². The van der Waals surface area contributed by atoms with Gasteiger partial charge in [-0.1, -0.05) is 13.0 Å². The molecule has 5 heteroatoms. The molecule has 1 aliphatic rings. The summed E-state index contributed by atoms with van der Waals surface area (Å²) in [7, 11) is 0. The van der Waals surface area contributed by atoms with Crippen LogP contribution in [0, 0.1) is 0 Å². The van der Waals surface area contributed by atoms with Crippen molar-refractivity contribution in [1.29, 1.82) is 0 Å². The molecule has 0 aromatic heterocycles. The van der Waals surface area contributed by atoms with Gasteiger partial charge in [-0.15, -0.1) is 11.8 Å². The van der Waals surface area contributed by atoms with Crippen LogP contribution in [0.4, 0.5) is 5.69 Å². The van der Waals surface area contributed by atoms with Gasteiger partial charge < -0.3 is 20.5 Å². The summed E-state index contributed by atoms with van der Waals surface area (Å²) >= 11 is 1.86. The lowest BCUT2D eigenvalue weighted by molar-refractivity contribution is 0.0159. The normalized spacial score (nSPS) is 16.4. The zero-order valence-electron chi connectivity index (χ0n) is 12.8. The number of piperidine rings is 1. The third kappa shape index (κ3) is 4.36. The van der Waals surface area contributed by atoms with Crippen molar-refractivity contribution in [2.24, 2.45) is 5.73 Å². The largest absolute Gasteiger partial charge is 0.394 e. The molecule has 21 heavy (non-hydrogen) atoms. The highest BCUT2D eigenvalue weighted by atomic mass is 32.2. The van der Waals surface area contributed by atoms with Crippen LogP contribution in [-0.2, 0) is 11.3 Å². The van der Waals surface area contributed by atoms with Gasteiger partial charge in [0, 0.05) is 35.8 Å². The zero-order chi connectivity index (χ0) is 15.1. The van der Waals surface area contributed by atoms with Crippen molar-refractivity contribution in [2.45, 2.75) is 37.3 Å². The Bertz CT molecular complexity index is 434. The molecule has 1 aromatic rings. The number of rotatable bonds is 7. The number of benzene rings is 1. The van der Waals surface area contributed by atoms with E-state index in [-0.39, 0.29) is 12.7 Å². The maximum Gasteiger partial charge on any atom is 0.0701 e. The van der Waals surface area contributed by atoms with E-state index in [1.54, 1.807) is 0 Å². The Morgan fingerprint density at radius 2 is 2.14 bits per heavy atom. The van der Waals surface area contributed by atoms with Crippen molar-refractivity contribution < 1.29 is 9.84 Å². The molecule has 2 rings (SSSR count). The summed E-state index contributed by atoms with van der Waals surface area (Å²) in [5.74, 6) is 1.06. The van der Waals surface area contributed by atoms with Gasteiger partial charge in [0.1, 0.15) is 0 Å². The summed E-state index contributed by atoms with van der Waals surface area (Å²) in [5.41, 5.74) is 8.53. The highest BCUT2D eigenvalue weighted by molar-refractivity contribution is 7.99. The number of ether oxygens (including phenoxy) is 1.